The third kappa shape index (κ3) is 7.55. The van der Waals surface area contributed by atoms with E-state index in [4.69, 9.17) is 4.74 Å². The Balaban J connectivity index is 3.93. The fourth-order valence-electron chi connectivity index (χ4n) is 0.929. The minimum atomic E-state index is -0.367. The van der Waals surface area contributed by atoms with E-state index in [-0.39, 0.29) is 19.1 Å². The number of esters is 1. The molecule has 0 saturated carbocycles. The molecule has 0 unspecified atom stereocenters. The standard InChI is InChI=1S/C12H18N2O2/c1-4-7-14(8-5-2)11-13-10-12(15)16-9-6-3/h4-6,11H,1-3,7-10H2. The van der Waals surface area contributed by atoms with Crippen LogP contribution in [-0.4, -0.2) is 43.4 Å². The topological polar surface area (TPSA) is 41.9 Å². The molecule has 0 N–H and O–H groups in total. The van der Waals surface area contributed by atoms with Gasteiger partial charge in [-0.15, -0.1) is 13.2 Å². The highest BCUT2D eigenvalue weighted by Crippen LogP contribution is 1.86. The lowest BCUT2D eigenvalue weighted by Gasteiger charge is -2.14. The molecule has 0 amide bonds. The third-order valence-electron chi connectivity index (χ3n) is 1.55. The highest BCUT2D eigenvalue weighted by Gasteiger charge is 1.99. The maximum Gasteiger partial charge on any atom is 0.328 e. The van der Waals surface area contributed by atoms with Crippen molar-refractivity contribution in [2.24, 2.45) is 4.99 Å². The van der Waals surface area contributed by atoms with E-state index >= 15 is 0 Å². The van der Waals surface area contributed by atoms with Gasteiger partial charge < -0.3 is 9.64 Å². The van der Waals surface area contributed by atoms with Crippen molar-refractivity contribution in [1.82, 2.24) is 4.90 Å². The smallest absolute Gasteiger partial charge is 0.328 e. The van der Waals surface area contributed by atoms with Crippen molar-refractivity contribution in [2.75, 3.05) is 26.2 Å². The predicted molar refractivity (Wildman–Crippen MR) is 66.5 cm³/mol. The zero-order chi connectivity index (χ0) is 12.2. The quantitative estimate of drug-likeness (QED) is 0.256. The number of carbonyl (C=O) groups is 1. The van der Waals surface area contributed by atoms with Crippen molar-refractivity contribution in [1.29, 1.82) is 0 Å². The first-order valence-electron chi connectivity index (χ1n) is 4.97. The van der Waals surface area contributed by atoms with Crippen LogP contribution in [0.2, 0.25) is 0 Å². The Kier molecular flexibility index (Phi) is 8.59. The predicted octanol–water partition coefficient (Wildman–Crippen LogP) is 1.42. The second-order valence-corrected chi connectivity index (χ2v) is 2.96. The van der Waals surface area contributed by atoms with Crippen molar-refractivity contribution in [3.63, 3.8) is 0 Å². The average Bonchev–Trinajstić information content (AvgIpc) is 2.27. The molecule has 0 radical (unpaired) electrons. The molecular formula is C12H18N2O2. The van der Waals surface area contributed by atoms with E-state index in [2.05, 4.69) is 24.7 Å². The van der Waals surface area contributed by atoms with Gasteiger partial charge in [0.25, 0.3) is 0 Å². The molecule has 0 aliphatic carbocycles. The first-order valence-corrected chi connectivity index (χ1v) is 4.97. The molecule has 0 aromatic heterocycles. The van der Waals surface area contributed by atoms with Crippen LogP contribution in [0, 0.1) is 0 Å². The SMILES string of the molecule is C=CCOC(=O)CN=CN(CC=C)CC=C. The summed E-state index contributed by atoms with van der Waals surface area (Å²) in [6.07, 6.45) is 6.62. The van der Waals surface area contributed by atoms with Crippen LogP contribution in [-0.2, 0) is 9.53 Å². The Morgan fingerprint density at radius 3 is 2.31 bits per heavy atom. The summed E-state index contributed by atoms with van der Waals surface area (Å²) in [7, 11) is 0. The molecular weight excluding hydrogens is 204 g/mol. The number of carbonyl (C=O) groups excluding carboxylic acids is 1. The van der Waals surface area contributed by atoms with E-state index in [0.717, 1.165) is 0 Å². The van der Waals surface area contributed by atoms with Crippen LogP contribution in [0.4, 0.5) is 0 Å². The number of aliphatic imine (C=N–C) groups is 1. The van der Waals surface area contributed by atoms with E-state index in [1.807, 2.05) is 4.90 Å². The van der Waals surface area contributed by atoms with Crippen LogP contribution in [0.15, 0.2) is 43.0 Å². The lowest BCUT2D eigenvalue weighted by molar-refractivity contribution is -0.140. The van der Waals surface area contributed by atoms with Gasteiger partial charge in [-0.2, -0.15) is 0 Å². The van der Waals surface area contributed by atoms with Crippen LogP contribution >= 0.6 is 0 Å². The Labute approximate surface area is 96.6 Å². The van der Waals surface area contributed by atoms with Crippen LogP contribution in [0.3, 0.4) is 0 Å². The summed E-state index contributed by atoms with van der Waals surface area (Å²) in [5.41, 5.74) is 0. The fourth-order valence-corrected chi connectivity index (χ4v) is 0.929. The molecule has 0 spiro atoms. The molecule has 4 heteroatoms. The minimum absolute atomic E-state index is 0.0125. The molecule has 0 atom stereocenters. The van der Waals surface area contributed by atoms with Gasteiger partial charge in [-0.1, -0.05) is 24.8 Å². The average molecular weight is 222 g/mol. The highest BCUT2D eigenvalue weighted by molar-refractivity contribution is 5.73. The van der Waals surface area contributed by atoms with Crippen LogP contribution in [0.25, 0.3) is 0 Å². The fraction of sp³-hybridized carbons (Fsp3) is 0.333. The first-order chi connectivity index (χ1) is 7.74. The summed E-state index contributed by atoms with van der Waals surface area (Å²) < 4.78 is 4.76. The molecule has 0 aliphatic heterocycles. The Morgan fingerprint density at radius 1 is 1.19 bits per heavy atom. The third-order valence-corrected chi connectivity index (χ3v) is 1.55. The zero-order valence-corrected chi connectivity index (χ0v) is 9.47. The molecule has 0 aromatic rings. The summed E-state index contributed by atoms with van der Waals surface area (Å²) in [5, 5.41) is 0. The molecule has 88 valence electrons. The van der Waals surface area contributed by atoms with Crippen molar-refractivity contribution in [2.45, 2.75) is 0 Å². The summed E-state index contributed by atoms with van der Waals surface area (Å²) in [6, 6.07) is 0. The molecule has 0 saturated heterocycles. The number of ether oxygens (including phenoxy) is 1. The summed E-state index contributed by atoms with van der Waals surface area (Å²) >= 11 is 0. The second kappa shape index (κ2) is 9.71. The van der Waals surface area contributed by atoms with Gasteiger partial charge in [0.05, 0.1) is 6.34 Å². The largest absolute Gasteiger partial charge is 0.460 e. The lowest BCUT2D eigenvalue weighted by Crippen LogP contribution is -2.22. The van der Waals surface area contributed by atoms with E-state index in [9.17, 15) is 4.79 Å². The number of hydrogen-bond donors (Lipinski definition) is 0. The molecule has 0 bridgehead atoms. The van der Waals surface area contributed by atoms with Gasteiger partial charge in [-0.25, -0.2) is 0 Å². The van der Waals surface area contributed by atoms with Gasteiger partial charge >= 0.3 is 5.97 Å². The summed E-state index contributed by atoms with van der Waals surface area (Å²) in [4.78, 5) is 16.9. The molecule has 0 rings (SSSR count). The van der Waals surface area contributed by atoms with E-state index < -0.39 is 0 Å². The maximum absolute atomic E-state index is 11.1. The van der Waals surface area contributed by atoms with Gasteiger partial charge in [0.1, 0.15) is 13.2 Å². The number of rotatable bonds is 9. The van der Waals surface area contributed by atoms with Crippen molar-refractivity contribution >= 4 is 12.3 Å². The summed E-state index contributed by atoms with van der Waals surface area (Å²) in [6.45, 7) is 12.3. The Bertz CT molecular complexity index is 262. The molecule has 0 aliphatic rings. The zero-order valence-electron chi connectivity index (χ0n) is 9.47. The molecule has 0 aromatic carbocycles. The lowest BCUT2D eigenvalue weighted by atomic mass is 10.5. The number of nitrogens with zero attached hydrogens (tertiary/aromatic N) is 2. The van der Waals surface area contributed by atoms with Gasteiger partial charge in [-0.3, -0.25) is 9.79 Å². The highest BCUT2D eigenvalue weighted by atomic mass is 16.5. The number of hydrogen-bond acceptors (Lipinski definition) is 3. The van der Waals surface area contributed by atoms with Crippen LogP contribution in [0.1, 0.15) is 0 Å². The van der Waals surface area contributed by atoms with Crippen molar-refractivity contribution in [3.05, 3.63) is 38.0 Å². The molecule has 0 heterocycles. The first kappa shape index (κ1) is 14.2. The maximum atomic E-state index is 11.1. The van der Waals surface area contributed by atoms with Crippen LogP contribution < -0.4 is 0 Å². The normalized spacial score (nSPS) is 9.75. The van der Waals surface area contributed by atoms with Gasteiger partial charge in [0.15, 0.2) is 0 Å². The summed E-state index contributed by atoms with van der Waals surface area (Å²) in [5.74, 6) is -0.367. The van der Waals surface area contributed by atoms with E-state index in [1.165, 1.54) is 6.08 Å². The van der Waals surface area contributed by atoms with Gasteiger partial charge in [-0.05, 0) is 0 Å². The molecule has 4 nitrogen and oxygen atoms in total. The molecule has 16 heavy (non-hydrogen) atoms. The van der Waals surface area contributed by atoms with Crippen LogP contribution in [0.5, 0.6) is 0 Å². The van der Waals surface area contributed by atoms with Gasteiger partial charge in [0, 0.05) is 13.1 Å². The minimum Gasteiger partial charge on any atom is -0.460 e. The molecule has 0 fully saturated rings. The van der Waals surface area contributed by atoms with Crippen molar-refractivity contribution in [3.8, 4) is 0 Å². The Morgan fingerprint density at radius 2 is 1.81 bits per heavy atom. The second-order valence-electron chi connectivity index (χ2n) is 2.96. The van der Waals surface area contributed by atoms with Gasteiger partial charge in [0.2, 0.25) is 0 Å². The van der Waals surface area contributed by atoms with E-state index in [0.29, 0.717) is 13.1 Å². The Hall–Kier alpha value is -1.84. The van der Waals surface area contributed by atoms with Crippen molar-refractivity contribution < 1.29 is 9.53 Å². The van der Waals surface area contributed by atoms with E-state index in [1.54, 1.807) is 18.5 Å². The monoisotopic (exact) mass is 222 g/mol.